The zero-order chi connectivity index (χ0) is 72.8. The molecule has 9 amide bonds. The number of ether oxygens (including phenoxy) is 1. The number of cyclic esters (lactones) is 1. The van der Waals surface area contributed by atoms with Gasteiger partial charge >= 0.3 is 5.97 Å². The zero-order valence-electron chi connectivity index (χ0n) is 61.5. The van der Waals surface area contributed by atoms with Gasteiger partial charge in [0, 0.05) is 41.8 Å². The Kier molecular flexibility index (Phi) is 35.2. The Balaban J connectivity index is 2.98. The number of amides is 9. The number of esters is 1. The molecular formula is C70H121N11O14. The quantitative estimate of drug-likeness (QED) is 0.0725. The third-order valence-electron chi connectivity index (χ3n) is 17.4. The van der Waals surface area contributed by atoms with E-state index in [1.165, 1.54) is 68.7 Å². The van der Waals surface area contributed by atoms with Crippen molar-refractivity contribution in [3.8, 4) is 0 Å². The molecule has 0 aliphatic carbocycles. The molecule has 2 rings (SSSR count). The van der Waals surface area contributed by atoms with Gasteiger partial charge in [0.2, 0.25) is 47.3 Å². The fraction of sp³-hybridized carbons (Fsp3) is 0.757. The highest BCUT2D eigenvalue weighted by molar-refractivity contribution is 5.99. The first-order chi connectivity index (χ1) is 44.0. The van der Waals surface area contributed by atoms with Crippen molar-refractivity contribution in [2.24, 2.45) is 47.3 Å². The Labute approximate surface area is 567 Å². The third-order valence-corrected chi connectivity index (χ3v) is 17.4. The number of hydrogen-bond acceptors (Lipinski definition) is 16. The highest BCUT2D eigenvalue weighted by Gasteiger charge is 2.46. The standard InChI is InChI=1S/C70H121N11O14/c1-39(2)31-51-65(89)78(20)54(34-42(7)8)62(86)72-47(16)70(94)95-60(45(13)14)69(93)79(21)55(35-43(9)10)63(87)74-52(32-40(3)4)66(90)80(22)57(44(11)12)68(92)81(23)58(59(84)46(15)29-30-71-36-49-27-25-24-26-28-49)64(88)75-56(48(17)82)67(91)77(19)38-50(83)37-76(18)53(33-41(5)6)61(85)73-51/h24-28,39-48,51-60,71,82,84H,29-38H2,1-23H3,(H,72,86)(H,73,85)(H,74,87)(H,75,88)/t46-,47-,48-,51-,52-,53+,54-,55-,56-,57-,58-,59-,60+/m1/s1. The van der Waals surface area contributed by atoms with Crippen molar-refractivity contribution in [3.63, 3.8) is 0 Å². The smallest absolute Gasteiger partial charge is 0.329 e. The van der Waals surface area contributed by atoms with Crippen LogP contribution >= 0.6 is 0 Å². The average Bonchev–Trinajstić information content (AvgIpc) is 0.818. The lowest BCUT2D eigenvalue weighted by Gasteiger charge is -2.40. The van der Waals surface area contributed by atoms with E-state index in [2.05, 4.69) is 26.6 Å². The minimum absolute atomic E-state index is 0.0758. The molecule has 95 heavy (non-hydrogen) atoms. The monoisotopic (exact) mass is 1340 g/mol. The maximum atomic E-state index is 15.3. The van der Waals surface area contributed by atoms with Crippen molar-refractivity contribution in [1.29, 1.82) is 0 Å². The van der Waals surface area contributed by atoms with Gasteiger partial charge in [-0.2, -0.15) is 0 Å². The maximum Gasteiger partial charge on any atom is 0.329 e. The molecule has 1 aliphatic rings. The predicted octanol–water partition coefficient (Wildman–Crippen LogP) is 3.61. The number of carbonyl (C=O) groups excluding carboxylic acids is 11. The second-order valence-corrected chi connectivity index (χ2v) is 29.4. The van der Waals surface area contributed by atoms with Gasteiger partial charge in [0.15, 0.2) is 11.9 Å². The second-order valence-electron chi connectivity index (χ2n) is 29.4. The Morgan fingerprint density at radius 2 is 0.937 bits per heavy atom. The molecule has 1 fully saturated rings. The number of aliphatic hydroxyl groups is 2. The highest BCUT2D eigenvalue weighted by atomic mass is 16.6. The summed E-state index contributed by atoms with van der Waals surface area (Å²) in [5.41, 5.74) is 1.01. The lowest BCUT2D eigenvalue weighted by atomic mass is 9.91. The van der Waals surface area contributed by atoms with Crippen molar-refractivity contribution in [2.45, 2.75) is 235 Å². The van der Waals surface area contributed by atoms with Crippen LogP contribution in [0.15, 0.2) is 30.3 Å². The topological polar surface area (TPSA) is 317 Å². The van der Waals surface area contributed by atoms with Crippen LogP contribution < -0.4 is 26.6 Å². The number of carbonyl (C=O) groups is 11. The minimum atomic E-state index is -1.75. The molecule has 0 unspecified atom stereocenters. The Bertz CT molecular complexity index is 2690. The number of nitrogens with one attached hydrogen (secondary N) is 5. The molecule has 1 saturated heterocycles. The van der Waals surface area contributed by atoms with Gasteiger partial charge in [0.05, 0.1) is 31.3 Å². The first-order valence-corrected chi connectivity index (χ1v) is 34.1. The van der Waals surface area contributed by atoms with Gasteiger partial charge in [-0.3, -0.25) is 52.8 Å². The molecule has 540 valence electrons. The molecule has 13 atom stereocenters. The van der Waals surface area contributed by atoms with Crippen LogP contribution in [-0.2, 0) is 64.0 Å². The molecule has 1 aromatic rings. The molecule has 1 aromatic carbocycles. The van der Waals surface area contributed by atoms with E-state index in [9.17, 15) is 48.6 Å². The summed E-state index contributed by atoms with van der Waals surface area (Å²) >= 11 is 0. The van der Waals surface area contributed by atoms with Gasteiger partial charge in [-0.15, -0.1) is 0 Å². The minimum Gasteiger partial charge on any atom is -0.450 e. The summed E-state index contributed by atoms with van der Waals surface area (Å²) in [5.74, 6) is -11.1. The first kappa shape index (κ1) is 84.5. The number of rotatable bonds is 20. The van der Waals surface area contributed by atoms with Crippen molar-refractivity contribution in [3.05, 3.63) is 35.9 Å². The van der Waals surface area contributed by atoms with Crippen LogP contribution in [0.25, 0.3) is 0 Å². The summed E-state index contributed by atoms with van der Waals surface area (Å²) in [4.78, 5) is 169. The SMILES string of the molecule is CC(C)C[C@@H]1C(=O)N[C@H](CC(C)C)C(=O)N(C)[C@H](C(C)C)C(=O)N(C)[C@H]([C@H](O)[C@H](C)CCNCc2ccccc2)C(=O)N[C@H]([C@@H](C)O)C(=O)N(C)CC(=O)CN(C)[C@@H](CC(C)C)C(=O)N[C@H](CC(C)C)C(=O)N(C)[C@H](CC(C)C)C(=O)N[C@H](C)C(=O)O[C@@H](C(C)C)C(=O)N1C. The molecular weight excluding hydrogens is 1220 g/mol. The van der Waals surface area contributed by atoms with E-state index < -0.39 is 162 Å². The van der Waals surface area contributed by atoms with E-state index in [1.807, 2.05) is 99.6 Å². The van der Waals surface area contributed by atoms with Gasteiger partial charge < -0.3 is 66.0 Å². The number of benzene rings is 1. The van der Waals surface area contributed by atoms with Gasteiger partial charge in [-0.1, -0.05) is 134 Å². The Morgan fingerprint density at radius 1 is 0.495 bits per heavy atom. The summed E-state index contributed by atoms with van der Waals surface area (Å²) in [6.07, 6.45) is -3.67. The van der Waals surface area contributed by atoms with E-state index in [0.29, 0.717) is 19.5 Å². The molecule has 7 N–H and O–H groups in total. The first-order valence-electron chi connectivity index (χ1n) is 34.1. The van der Waals surface area contributed by atoms with Crippen LogP contribution in [0.3, 0.4) is 0 Å². The van der Waals surface area contributed by atoms with Gasteiger partial charge in [0.1, 0.15) is 48.3 Å². The zero-order valence-corrected chi connectivity index (χ0v) is 61.5. The number of Topliss-reactive ketones (excluding diaryl/α,β-unsaturated/α-hetero) is 1. The van der Waals surface area contributed by atoms with Crippen LogP contribution in [-0.4, -0.2) is 239 Å². The van der Waals surface area contributed by atoms with E-state index in [0.717, 1.165) is 15.4 Å². The van der Waals surface area contributed by atoms with E-state index in [-0.39, 0.29) is 68.2 Å². The predicted molar refractivity (Wildman–Crippen MR) is 365 cm³/mol. The fourth-order valence-electron chi connectivity index (χ4n) is 11.9. The molecule has 1 heterocycles. The van der Waals surface area contributed by atoms with Crippen LogP contribution in [0.1, 0.15) is 162 Å². The van der Waals surface area contributed by atoms with E-state index >= 15 is 14.4 Å². The Hall–Kier alpha value is -6.57. The highest BCUT2D eigenvalue weighted by Crippen LogP contribution is 2.25. The van der Waals surface area contributed by atoms with Gasteiger partial charge in [-0.05, 0) is 119 Å². The maximum absolute atomic E-state index is 15.3. The third kappa shape index (κ3) is 26.1. The average molecular weight is 1340 g/mol. The number of aliphatic hydroxyl groups excluding tert-OH is 2. The van der Waals surface area contributed by atoms with Crippen molar-refractivity contribution in [2.75, 3.05) is 61.9 Å². The van der Waals surface area contributed by atoms with Crippen LogP contribution in [0.4, 0.5) is 0 Å². The van der Waals surface area contributed by atoms with Crippen LogP contribution in [0.2, 0.25) is 0 Å². The fourth-order valence-corrected chi connectivity index (χ4v) is 11.9. The summed E-state index contributed by atoms with van der Waals surface area (Å²) in [6, 6.07) is -2.35. The number of ketones is 1. The summed E-state index contributed by atoms with van der Waals surface area (Å²) in [6.45, 7) is 29.6. The molecule has 0 spiro atoms. The second kappa shape index (κ2) is 39.6. The van der Waals surface area contributed by atoms with E-state index in [1.54, 1.807) is 41.7 Å². The summed E-state index contributed by atoms with van der Waals surface area (Å²) in [7, 11) is 8.40. The number of nitrogens with zero attached hydrogens (tertiary/aromatic N) is 6. The molecule has 1 aliphatic heterocycles. The van der Waals surface area contributed by atoms with Gasteiger partial charge in [0.25, 0.3) is 5.91 Å². The molecule has 0 saturated carbocycles. The number of likely N-dealkylation sites (N-methyl/N-ethyl adjacent to an activating group) is 6. The van der Waals surface area contributed by atoms with Gasteiger partial charge in [-0.25, -0.2) is 4.79 Å². The van der Waals surface area contributed by atoms with Crippen molar-refractivity contribution >= 4 is 64.9 Å². The lowest BCUT2D eigenvalue weighted by molar-refractivity contribution is -0.166. The largest absolute Gasteiger partial charge is 0.450 e. The molecule has 0 aromatic heterocycles. The number of hydrogen-bond donors (Lipinski definition) is 7. The van der Waals surface area contributed by atoms with Crippen LogP contribution in [0.5, 0.6) is 0 Å². The summed E-state index contributed by atoms with van der Waals surface area (Å²) < 4.78 is 5.92. The molecule has 25 heteroatoms. The Morgan fingerprint density at radius 3 is 1.40 bits per heavy atom. The van der Waals surface area contributed by atoms with Crippen LogP contribution in [0, 0.1) is 47.3 Å². The van der Waals surface area contributed by atoms with E-state index in [4.69, 9.17) is 4.74 Å². The summed E-state index contributed by atoms with van der Waals surface area (Å²) in [5, 5.41) is 38.1. The molecule has 0 bridgehead atoms. The van der Waals surface area contributed by atoms with Crippen molar-refractivity contribution < 1.29 is 67.7 Å². The molecule has 25 nitrogen and oxygen atoms in total. The van der Waals surface area contributed by atoms with Crippen molar-refractivity contribution in [1.82, 2.24) is 56.0 Å². The normalized spacial score (nSPS) is 25.8. The lowest BCUT2D eigenvalue weighted by Crippen LogP contribution is -2.64. The molecule has 0 radical (unpaired) electrons.